The van der Waals surface area contributed by atoms with Crippen LogP contribution in [-0.2, 0) is 11.3 Å². The molecule has 0 radical (unpaired) electrons. The second kappa shape index (κ2) is 8.42. The highest BCUT2D eigenvalue weighted by atomic mass is 35.5. The van der Waals surface area contributed by atoms with Crippen LogP contribution in [0.2, 0.25) is 5.02 Å². The molecule has 5 nitrogen and oxygen atoms in total. The Bertz CT molecular complexity index is 1280. The van der Waals surface area contributed by atoms with Gasteiger partial charge in [-0.05, 0) is 42.7 Å². The second-order valence-electron chi connectivity index (χ2n) is 7.12. The van der Waals surface area contributed by atoms with E-state index in [0.717, 1.165) is 21.6 Å². The van der Waals surface area contributed by atoms with E-state index < -0.39 is 0 Å². The Morgan fingerprint density at radius 1 is 1.20 bits per heavy atom. The first-order valence-corrected chi connectivity index (χ1v) is 10.7. The van der Waals surface area contributed by atoms with E-state index in [1.807, 2.05) is 62.4 Å². The molecule has 1 amide bonds. The molecule has 1 unspecified atom stereocenters. The summed E-state index contributed by atoms with van der Waals surface area (Å²) in [5, 5.41) is 4.09. The zero-order valence-corrected chi connectivity index (χ0v) is 18.1. The van der Waals surface area contributed by atoms with Crippen molar-refractivity contribution in [3.8, 4) is 10.4 Å². The lowest BCUT2D eigenvalue weighted by molar-refractivity contribution is -0.122. The van der Waals surface area contributed by atoms with Gasteiger partial charge in [0.05, 0.1) is 17.8 Å². The zero-order chi connectivity index (χ0) is 21.3. The quantitative estimate of drug-likeness (QED) is 0.479. The number of benzene rings is 2. The number of carbonyl (C=O) groups is 1. The number of hydrogen-bond acceptors (Lipinski definition) is 4. The normalized spacial score (nSPS) is 12.1. The first-order valence-electron chi connectivity index (χ1n) is 9.53. The molecule has 2 aromatic carbocycles. The van der Waals surface area contributed by atoms with Gasteiger partial charge in [0.2, 0.25) is 5.91 Å². The molecule has 0 spiro atoms. The summed E-state index contributed by atoms with van der Waals surface area (Å²) in [6, 6.07) is 17.0. The van der Waals surface area contributed by atoms with Crippen molar-refractivity contribution < 1.29 is 4.79 Å². The minimum Gasteiger partial charge on any atom is -0.348 e. The summed E-state index contributed by atoms with van der Waals surface area (Å²) >= 11 is 7.52. The molecular formula is C23H20ClN3O2S. The monoisotopic (exact) mass is 437 g/mol. The first kappa shape index (κ1) is 20.3. The molecule has 2 heterocycles. The Labute approximate surface area is 183 Å². The summed E-state index contributed by atoms with van der Waals surface area (Å²) in [5.41, 5.74) is 2.64. The van der Waals surface area contributed by atoms with Crippen LogP contribution < -0.4 is 10.9 Å². The summed E-state index contributed by atoms with van der Waals surface area (Å²) in [6.45, 7) is 3.71. The van der Waals surface area contributed by atoms with E-state index >= 15 is 0 Å². The number of carbonyl (C=O) groups excluding carboxylic acids is 1. The summed E-state index contributed by atoms with van der Waals surface area (Å²) in [7, 11) is 0. The number of thiophene rings is 1. The maximum Gasteiger partial charge on any atom is 0.262 e. The fraction of sp³-hybridized carbons (Fsp3) is 0.174. The largest absolute Gasteiger partial charge is 0.348 e. The molecule has 4 rings (SSSR count). The van der Waals surface area contributed by atoms with Crippen molar-refractivity contribution in [1.29, 1.82) is 0 Å². The van der Waals surface area contributed by atoms with Crippen LogP contribution in [0.4, 0.5) is 0 Å². The Balaban J connectivity index is 1.59. The van der Waals surface area contributed by atoms with Crippen molar-refractivity contribution in [2.24, 2.45) is 0 Å². The van der Waals surface area contributed by atoms with E-state index in [4.69, 9.17) is 11.6 Å². The summed E-state index contributed by atoms with van der Waals surface area (Å²) < 4.78 is 1.36. The molecule has 7 heteroatoms. The molecule has 2 aromatic heterocycles. The number of amides is 1. The molecule has 1 N–H and O–H groups in total. The molecule has 30 heavy (non-hydrogen) atoms. The third-order valence-corrected chi connectivity index (χ3v) is 6.48. The minimum atomic E-state index is -0.262. The molecule has 0 bridgehead atoms. The van der Waals surface area contributed by atoms with Crippen molar-refractivity contribution in [2.75, 3.05) is 0 Å². The zero-order valence-electron chi connectivity index (χ0n) is 16.6. The van der Waals surface area contributed by atoms with Crippen LogP contribution in [0.15, 0.2) is 65.7 Å². The highest BCUT2D eigenvalue weighted by molar-refractivity contribution is 7.22. The molecule has 0 fully saturated rings. The van der Waals surface area contributed by atoms with E-state index in [2.05, 4.69) is 10.3 Å². The van der Waals surface area contributed by atoms with Gasteiger partial charge >= 0.3 is 0 Å². The predicted octanol–water partition coefficient (Wildman–Crippen LogP) is 4.96. The van der Waals surface area contributed by atoms with Gasteiger partial charge in [-0.15, -0.1) is 11.3 Å². The van der Waals surface area contributed by atoms with Gasteiger partial charge in [0, 0.05) is 9.90 Å². The number of aromatic nitrogens is 2. The number of nitrogens with one attached hydrogen (secondary N) is 1. The summed E-state index contributed by atoms with van der Waals surface area (Å²) in [5.74, 6) is -0.262. The first-order chi connectivity index (χ1) is 14.4. The molecule has 0 aliphatic heterocycles. The van der Waals surface area contributed by atoms with Crippen molar-refractivity contribution in [2.45, 2.75) is 26.4 Å². The van der Waals surface area contributed by atoms with Crippen LogP contribution in [0.3, 0.4) is 0 Å². The van der Waals surface area contributed by atoms with Crippen LogP contribution in [0, 0.1) is 6.92 Å². The van der Waals surface area contributed by atoms with Gasteiger partial charge in [-0.2, -0.15) is 0 Å². The topological polar surface area (TPSA) is 64.0 Å². The van der Waals surface area contributed by atoms with Crippen LogP contribution >= 0.6 is 22.9 Å². The molecular weight excluding hydrogens is 418 g/mol. The Morgan fingerprint density at radius 3 is 2.70 bits per heavy atom. The van der Waals surface area contributed by atoms with Gasteiger partial charge in [-0.1, -0.05) is 54.1 Å². The van der Waals surface area contributed by atoms with E-state index in [9.17, 15) is 9.59 Å². The summed E-state index contributed by atoms with van der Waals surface area (Å²) in [6.07, 6.45) is 1.44. The maximum absolute atomic E-state index is 13.1. The number of rotatable bonds is 5. The predicted molar refractivity (Wildman–Crippen MR) is 122 cm³/mol. The molecule has 152 valence electrons. The second-order valence-corrected chi connectivity index (χ2v) is 8.56. The Morgan fingerprint density at radius 2 is 1.97 bits per heavy atom. The van der Waals surface area contributed by atoms with Crippen molar-refractivity contribution in [3.05, 3.63) is 87.4 Å². The fourth-order valence-electron chi connectivity index (χ4n) is 3.44. The van der Waals surface area contributed by atoms with Crippen LogP contribution in [0.1, 0.15) is 24.1 Å². The lowest BCUT2D eigenvalue weighted by atomic mass is 10.1. The SMILES string of the molecule is Cc1c(-c2ccccc2)sc2ncn(CC(=O)NC(C)c3cccc(Cl)c3)c(=O)c12. The van der Waals surface area contributed by atoms with Gasteiger partial charge in [-0.3, -0.25) is 14.2 Å². The molecule has 0 saturated carbocycles. The van der Waals surface area contributed by atoms with Crippen molar-refractivity contribution in [1.82, 2.24) is 14.9 Å². The average molecular weight is 438 g/mol. The molecule has 4 aromatic rings. The maximum atomic E-state index is 13.1. The van der Waals surface area contributed by atoms with Gasteiger partial charge in [-0.25, -0.2) is 4.98 Å². The highest BCUT2D eigenvalue weighted by Crippen LogP contribution is 2.35. The highest BCUT2D eigenvalue weighted by Gasteiger charge is 2.17. The van der Waals surface area contributed by atoms with Gasteiger partial charge in [0.1, 0.15) is 11.4 Å². The molecule has 0 aliphatic rings. The van der Waals surface area contributed by atoms with E-state index in [0.29, 0.717) is 15.2 Å². The van der Waals surface area contributed by atoms with Crippen LogP contribution in [0.25, 0.3) is 20.7 Å². The standard InChI is InChI=1S/C23H20ClN3O2S/c1-14-20-22(30-21(14)16-7-4-3-5-8-16)25-13-27(23(20)29)12-19(28)26-15(2)17-9-6-10-18(24)11-17/h3-11,13,15H,12H2,1-2H3,(H,26,28). The lowest BCUT2D eigenvalue weighted by Gasteiger charge is -2.15. The average Bonchev–Trinajstić information content (AvgIpc) is 3.08. The number of hydrogen-bond donors (Lipinski definition) is 1. The van der Waals surface area contributed by atoms with E-state index in [1.165, 1.54) is 22.2 Å². The third-order valence-electron chi connectivity index (χ3n) is 4.99. The van der Waals surface area contributed by atoms with Crippen LogP contribution in [-0.4, -0.2) is 15.5 Å². The third kappa shape index (κ3) is 4.01. The van der Waals surface area contributed by atoms with Gasteiger partial charge in [0.15, 0.2) is 0 Å². The lowest BCUT2D eigenvalue weighted by Crippen LogP contribution is -2.34. The van der Waals surface area contributed by atoms with E-state index in [1.54, 1.807) is 6.07 Å². The Kier molecular flexibility index (Phi) is 5.70. The molecule has 0 aliphatic carbocycles. The number of nitrogens with zero attached hydrogens (tertiary/aromatic N) is 2. The Hall–Kier alpha value is -2.96. The van der Waals surface area contributed by atoms with Gasteiger partial charge < -0.3 is 5.32 Å². The number of halogens is 1. The van der Waals surface area contributed by atoms with Crippen molar-refractivity contribution >= 4 is 39.1 Å². The van der Waals surface area contributed by atoms with Crippen LogP contribution in [0.5, 0.6) is 0 Å². The summed E-state index contributed by atoms with van der Waals surface area (Å²) in [4.78, 5) is 31.8. The smallest absolute Gasteiger partial charge is 0.262 e. The molecule has 1 atom stereocenters. The minimum absolute atomic E-state index is 0.0946. The fourth-order valence-corrected chi connectivity index (χ4v) is 4.78. The number of aryl methyl sites for hydroxylation is 1. The number of fused-ring (bicyclic) bond motifs is 1. The van der Waals surface area contributed by atoms with Gasteiger partial charge in [0.25, 0.3) is 5.56 Å². The molecule has 0 saturated heterocycles. The van der Waals surface area contributed by atoms with E-state index in [-0.39, 0.29) is 24.1 Å². The van der Waals surface area contributed by atoms with Crippen molar-refractivity contribution in [3.63, 3.8) is 0 Å².